The molecule has 30 heavy (non-hydrogen) atoms. The average Bonchev–Trinajstić information content (AvgIpc) is 3.24. The standard InChI is InChI=1S/C23H34N2O4S/c1-17(2)13-25(14-18(3)4)21(26)15-29-23(28)19-9-5-6-10-20(19)30-16-22(27)24-11-7-8-12-24/h5-6,9-10,17-18H,7-8,11-16H2,1-4H3. The summed E-state index contributed by atoms with van der Waals surface area (Å²) < 4.78 is 5.34. The first-order valence-corrected chi connectivity index (χ1v) is 11.7. The molecule has 0 aromatic heterocycles. The van der Waals surface area contributed by atoms with Crippen LogP contribution in [-0.2, 0) is 14.3 Å². The van der Waals surface area contributed by atoms with Crippen molar-refractivity contribution in [3.05, 3.63) is 29.8 Å². The highest BCUT2D eigenvalue weighted by molar-refractivity contribution is 8.00. The molecule has 0 radical (unpaired) electrons. The van der Waals surface area contributed by atoms with Gasteiger partial charge in [-0.2, -0.15) is 0 Å². The molecule has 0 N–H and O–H groups in total. The van der Waals surface area contributed by atoms with Gasteiger partial charge in [0.2, 0.25) is 5.91 Å². The Labute approximate surface area is 184 Å². The monoisotopic (exact) mass is 434 g/mol. The van der Waals surface area contributed by atoms with Crippen LogP contribution in [0.4, 0.5) is 0 Å². The molecule has 0 atom stereocenters. The first-order valence-electron chi connectivity index (χ1n) is 10.7. The van der Waals surface area contributed by atoms with E-state index < -0.39 is 5.97 Å². The molecule has 1 fully saturated rings. The molecule has 1 saturated heterocycles. The summed E-state index contributed by atoms with van der Waals surface area (Å²) in [4.78, 5) is 41.9. The Kier molecular flexibility index (Phi) is 9.69. The van der Waals surface area contributed by atoms with Crippen LogP contribution >= 0.6 is 11.8 Å². The van der Waals surface area contributed by atoms with Crippen LogP contribution in [0.5, 0.6) is 0 Å². The minimum absolute atomic E-state index is 0.0915. The second-order valence-electron chi connectivity index (χ2n) is 8.54. The van der Waals surface area contributed by atoms with E-state index in [0.29, 0.717) is 41.1 Å². The Bertz CT molecular complexity index is 720. The number of carbonyl (C=O) groups is 3. The molecule has 0 saturated carbocycles. The van der Waals surface area contributed by atoms with Crippen molar-refractivity contribution in [1.29, 1.82) is 0 Å². The minimum atomic E-state index is -0.533. The number of esters is 1. The van der Waals surface area contributed by atoms with Crippen LogP contribution < -0.4 is 0 Å². The molecule has 0 spiro atoms. The molecular weight excluding hydrogens is 400 g/mol. The molecule has 1 aliphatic rings. The Morgan fingerprint density at radius 3 is 2.23 bits per heavy atom. The fourth-order valence-corrected chi connectivity index (χ4v) is 4.36. The van der Waals surface area contributed by atoms with Gasteiger partial charge >= 0.3 is 5.97 Å². The first kappa shape index (κ1) is 24.3. The van der Waals surface area contributed by atoms with Crippen LogP contribution in [0.15, 0.2) is 29.2 Å². The SMILES string of the molecule is CC(C)CN(CC(C)C)C(=O)COC(=O)c1ccccc1SCC(=O)N1CCCC1. The van der Waals surface area contributed by atoms with E-state index in [1.165, 1.54) is 11.8 Å². The van der Waals surface area contributed by atoms with E-state index in [9.17, 15) is 14.4 Å². The zero-order valence-electron chi connectivity index (χ0n) is 18.6. The topological polar surface area (TPSA) is 66.9 Å². The van der Waals surface area contributed by atoms with Gasteiger partial charge in [-0.15, -0.1) is 11.8 Å². The van der Waals surface area contributed by atoms with E-state index >= 15 is 0 Å². The van der Waals surface area contributed by atoms with Gasteiger partial charge in [-0.3, -0.25) is 9.59 Å². The molecule has 0 unspecified atom stereocenters. The van der Waals surface area contributed by atoms with Crippen LogP contribution in [0.1, 0.15) is 50.9 Å². The number of benzene rings is 1. The summed E-state index contributed by atoms with van der Waals surface area (Å²) in [6, 6.07) is 7.08. The second kappa shape index (κ2) is 12.0. The average molecular weight is 435 g/mol. The number of likely N-dealkylation sites (tertiary alicyclic amines) is 1. The molecule has 0 aliphatic carbocycles. The van der Waals surface area contributed by atoms with Crippen molar-refractivity contribution in [2.24, 2.45) is 11.8 Å². The molecule has 1 aliphatic heterocycles. The molecule has 1 aromatic carbocycles. The van der Waals surface area contributed by atoms with Crippen molar-refractivity contribution >= 4 is 29.5 Å². The lowest BCUT2D eigenvalue weighted by Crippen LogP contribution is -2.39. The molecule has 1 heterocycles. The van der Waals surface area contributed by atoms with Crippen LogP contribution in [0.2, 0.25) is 0 Å². The van der Waals surface area contributed by atoms with E-state index in [-0.39, 0.29) is 18.4 Å². The van der Waals surface area contributed by atoms with Crippen LogP contribution in [-0.4, -0.2) is 66.1 Å². The highest BCUT2D eigenvalue weighted by atomic mass is 32.2. The van der Waals surface area contributed by atoms with Crippen molar-refractivity contribution in [1.82, 2.24) is 9.80 Å². The normalized spacial score (nSPS) is 13.7. The number of nitrogens with zero attached hydrogens (tertiary/aromatic N) is 2. The fraction of sp³-hybridized carbons (Fsp3) is 0.609. The van der Waals surface area contributed by atoms with E-state index in [0.717, 1.165) is 25.9 Å². The van der Waals surface area contributed by atoms with Crippen molar-refractivity contribution < 1.29 is 19.1 Å². The zero-order valence-corrected chi connectivity index (χ0v) is 19.4. The van der Waals surface area contributed by atoms with Gasteiger partial charge in [0.15, 0.2) is 6.61 Å². The van der Waals surface area contributed by atoms with Crippen molar-refractivity contribution in [3.63, 3.8) is 0 Å². The maximum absolute atomic E-state index is 12.6. The summed E-state index contributed by atoms with van der Waals surface area (Å²) in [6.07, 6.45) is 2.11. The number of hydrogen-bond donors (Lipinski definition) is 0. The summed E-state index contributed by atoms with van der Waals surface area (Å²) in [5, 5.41) is 0. The quantitative estimate of drug-likeness (QED) is 0.415. The Balaban J connectivity index is 1.94. The number of carbonyl (C=O) groups excluding carboxylic acids is 3. The predicted octanol–water partition coefficient (Wildman–Crippen LogP) is 3.70. The molecule has 2 amide bonds. The molecule has 1 aromatic rings. The van der Waals surface area contributed by atoms with Gasteiger partial charge in [-0.05, 0) is 36.8 Å². The highest BCUT2D eigenvalue weighted by Gasteiger charge is 2.21. The third-order valence-electron chi connectivity index (χ3n) is 4.77. The summed E-state index contributed by atoms with van der Waals surface area (Å²) in [6.45, 7) is 10.9. The number of rotatable bonds is 10. The molecule has 2 rings (SSSR count). The van der Waals surface area contributed by atoms with E-state index in [4.69, 9.17) is 4.74 Å². The maximum atomic E-state index is 12.6. The molecule has 0 bridgehead atoms. The van der Waals surface area contributed by atoms with Crippen LogP contribution in [0, 0.1) is 11.8 Å². The van der Waals surface area contributed by atoms with Gasteiger partial charge in [-0.1, -0.05) is 39.8 Å². The second-order valence-corrected chi connectivity index (χ2v) is 9.55. The van der Waals surface area contributed by atoms with Gasteiger partial charge in [0.1, 0.15) is 0 Å². The molecule has 166 valence electrons. The van der Waals surface area contributed by atoms with E-state index in [1.807, 2.05) is 17.0 Å². The summed E-state index contributed by atoms with van der Waals surface area (Å²) in [5.41, 5.74) is 0.392. The van der Waals surface area contributed by atoms with Crippen molar-refractivity contribution in [2.75, 3.05) is 38.5 Å². The predicted molar refractivity (Wildman–Crippen MR) is 120 cm³/mol. The Morgan fingerprint density at radius 1 is 1.03 bits per heavy atom. The Morgan fingerprint density at radius 2 is 1.63 bits per heavy atom. The number of amides is 2. The number of hydrogen-bond acceptors (Lipinski definition) is 5. The van der Waals surface area contributed by atoms with E-state index in [1.54, 1.807) is 17.0 Å². The number of ether oxygens (including phenoxy) is 1. The molecule has 6 nitrogen and oxygen atoms in total. The number of thioether (sulfide) groups is 1. The van der Waals surface area contributed by atoms with Gasteiger partial charge < -0.3 is 14.5 Å². The van der Waals surface area contributed by atoms with Gasteiger partial charge in [0, 0.05) is 31.1 Å². The van der Waals surface area contributed by atoms with E-state index in [2.05, 4.69) is 27.7 Å². The minimum Gasteiger partial charge on any atom is -0.452 e. The third kappa shape index (κ3) is 7.67. The maximum Gasteiger partial charge on any atom is 0.339 e. The van der Waals surface area contributed by atoms with Gasteiger partial charge in [-0.25, -0.2) is 4.79 Å². The molecular formula is C23H34N2O4S. The third-order valence-corrected chi connectivity index (χ3v) is 5.83. The van der Waals surface area contributed by atoms with Gasteiger partial charge in [0.25, 0.3) is 5.91 Å². The summed E-state index contributed by atoms with van der Waals surface area (Å²) in [5.74, 6) is 0.352. The van der Waals surface area contributed by atoms with Crippen LogP contribution in [0.3, 0.4) is 0 Å². The summed E-state index contributed by atoms with van der Waals surface area (Å²) >= 11 is 1.34. The van der Waals surface area contributed by atoms with Crippen molar-refractivity contribution in [2.45, 2.75) is 45.4 Å². The Hall–Kier alpha value is -2.02. The highest BCUT2D eigenvalue weighted by Crippen LogP contribution is 2.24. The zero-order chi connectivity index (χ0) is 22.1. The fourth-order valence-electron chi connectivity index (χ4n) is 3.41. The first-order chi connectivity index (χ1) is 14.3. The van der Waals surface area contributed by atoms with Crippen molar-refractivity contribution in [3.8, 4) is 0 Å². The lowest BCUT2D eigenvalue weighted by Gasteiger charge is -2.26. The molecule has 7 heteroatoms. The largest absolute Gasteiger partial charge is 0.452 e. The lowest BCUT2D eigenvalue weighted by molar-refractivity contribution is -0.135. The smallest absolute Gasteiger partial charge is 0.339 e. The van der Waals surface area contributed by atoms with Gasteiger partial charge in [0.05, 0.1) is 11.3 Å². The summed E-state index contributed by atoms with van der Waals surface area (Å²) in [7, 11) is 0. The lowest BCUT2D eigenvalue weighted by atomic mass is 10.1. The van der Waals surface area contributed by atoms with Crippen LogP contribution in [0.25, 0.3) is 0 Å².